The third kappa shape index (κ3) is 2.52. The first-order valence-corrected chi connectivity index (χ1v) is 8.50. The molecular formula is C20H22N2O2. The van der Waals surface area contributed by atoms with Gasteiger partial charge in [-0.05, 0) is 29.5 Å². The largest absolute Gasteiger partial charge is 0.368 e. The highest BCUT2D eigenvalue weighted by atomic mass is 16.5. The van der Waals surface area contributed by atoms with Gasteiger partial charge in [0, 0.05) is 13.1 Å². The third-order valence-corrected chi connectivity index (χ3v) is 5.27. The zero-order valence-corrected chi connectivity index (χ0v) is 13.7. The van der Waals surface area contributed by atoms with E-state index in [4.69, 9.17) is 10.5 Å². The Morgan fingerprint density at radius 1 is 1.12 bits per heavy atom. The first kappa shape index (κ1) is 15.4. The summed E-state index contributed by atoms with van der Waals surface area (Å²) in [6, 6.07) is 17.9. The summed E-state index contributed by atoms with van der Waals surface area (Å²) in [6.07, 6.45) is 1.99. The van der Waals surface area contributed by atoms with E-state index < -0.39 is 6.04 Å². The lowest BCUT2D eigenvalue weighted by Crippen LogP contribution is -2.52. The molecule has 2 aliphatic rings. The normalized spacial score (nSPS) is 24.7. The quantitative estimate of drug-likeness (QED) is 0.944. The lowest BCUT2D eigenvalue weighted by molar-refractivity contribution is -0.140. The maximum atomic E-state index is 12.2. The van der Waals surface area contributed by atoms with E-state index in [1.807, 2.05) is 30.3 Å². The molecule has 1 aliphatic heterocycles. The maximum absolute atomic E-state index is 12.2. The number of benzene rings is 2. The number of carbonyl (C=O) groups is 1. The second kappa shape index (κ2) is 6.04. The van der Waals surface area contributed by atoms with Crippen LogP contribution in [0.2, 0.25) is 0 Å². The van der Waals surface area contributed by atoms with Crippen molar-refractivity contribution in [1.29, 1.82) is 0 Å². The predicted molar refractivity (Wildman–Crippen MR) is 92.3 cm³/mol. The molecule has 0 saturated carbocycles. The highest BCUT2D eigenvalue weighted by Crippen LogP contribution is 2.43. The van der Waals surface area contributed by atoms with Crippen molar-refractivity contribution in [3.8, 4) is 0 Å². The number of hydrogen-bond acceptors (Lipinski definition) is 3. The minimum atomic E-state index is -0.403. The van der Waals surface area contributed by atoms with Crippen LogP contribution in [0, 0.1) is 0 Å². The summed E-state index contributed by atoms with van der Waals surface area (Å²) in [7, 11) is 0. The van der Waals surface area contributed by atoms with Crippen LogP contribution in [0.4, 0.5) is 0 Å². The van der Waals surface area contributed by atoms with Crippen molar-refractivity contribution in [2.24, 2.45) is 5.73 Å². The van der Waals surface area contributed by atoms with E-state index >= 15 is 0 Å². The number of nitrogens with two attached hydrogens (primary N) is 1. The summed E-state index contributed by atoms with van der Waals surface area (Å²) >= 11 is 0. The summed E-state index contributed by atoms with van der Waals surface area (Å²) in [5.41, 5.74) is 9.03. The lowest BCUT2D eigenvalue weighted by atomic mass is 9.92. The maximum Gasteiger partial charge on any atom is 0.239 e. The molecule has 2 N–H and O–H groups in total. The Kier molecular flexibility index (Phi) is 3.87. The molecule has 0 aromatic heterocycles. The second-order valence-corrected chi connectivity index (χ2v) is 6.69. The van der Waals surface area contributed by atoms with Crippen molar-refractivity contribution in [2.45, 2.75) is 24.5 Å². The van der Waals surface area contributed by atoms with Gasteiger partial charge in [-0.25, -0.2) is 0 Å². The SMILES string of the molecule is NC(=O)[C@@H](c1ccccc1)N1CCO[C@@]2(CCc3ccccc32)C1. The van der Waals surface area contributed by atoms with Gasteiger partial charge in [0.15, 0.2) is 0 Å². The lowest BCUT2D eigenvalue weighted by Gasteiger charge is -2.43. The molecule has 2 atom stereocenters. The second-order valence-electron chi connectivity index (χ2n) is 6.69. The van der Waals surface area contributed by atoms with Crippen molar-refractivity contribution in [1.82, 2.24) is 4.90 Å². The first-order chi connectivity index (χ1) is 11.7. The van der Waals surface area contributed by atoms with Gasteiger partial charge in [0.25, 0.3) is 0 Å². The fraction of sp³-hybridized carbons (Fsp3) is 0.350. The van der Waals surface area contributed by atoms with E-state index in [1.54, 1.807) is 0 Å². The number of primary amides is 1. The number of fused-ring (bicyclic) bond motifs is 2. The molecule has 1 saturated heterocycles. The average Bonchev–Trinajstić information content (AvgIpc) is 2.94. The van der Waals surface area contributed by atoms with E-state index in [9.17, 15) is 4.79 Å². The summed E-state index contributed by atoms with van der Waals surface area (Å²) < 4.78 is 6.26. The van der Waals surface area contributed by atoms with Gasteiger partial charge in [-0.1, -0.05) is 54.6 Å². The molecule has 1 fully saturated rings. The van der Waals surface area contributed by atoms with Gasteiger partial charge in [0.1, 0.15) is 11.6 Å². The van der Waals surface area contributed by atoms with E-state index in [1.165, 1.54) is 11.1 Å². The van der Waals surface area contributed by atoms with Crippen LogP contribution >= 0.6 is 0 Å². The topological polar surface area (TPSA) is 55.6 Å². The Labute approximate surface area is 142 Å². The van der Waals surface area contributed by atoms with Crippen LogP contribution in [0.15, 0.2) is 54.6 Å². The molecular weight excluding hydrogens is 300 g/mol. The smallest absolute Gasteiger partial charge is 0.239 e. The molecule has 1 aliphatic carbocycles. The zero-order valence-electron chi connectivity index (χ0n) is 13.7. The molecule has 0 unspecified atom stereocenters. The predicted octanol–water partition coefficient (Wildman–Crippen LogP) is 2.39. The first-order valence-electron chi connectivity index (χ1n) is 8.50. The average molecular weight is 322 g/mol. The Morgan fingerprint density at radius 3 is 2.67 bits per heavy atom. The van der Waals surface area contributed by atoms with Crippen LogP contribution in [0.1, 0.15) is 29.2 Å². The number of aryl methyl sites for hydroxylation is 1. The number of morpholine rings is 1. The molecule has 4 rings (SSSR count). The molecule has 1 amide bonds. The van der Waals surface area contributed by atoms with Crippen LogP contribution in [-0.4, -0.2) is 30.5 Å². The van der Waals surface area contributed by atoms with Gasteiger partial charge in [0.2, 0.25) is 5.91 Å². The standard InChI is InChI=1S/C20H22N2O2/c21-19(23)18(16-7-2-1-3-8-16)22-12-13-24-20(14-22)11-10-15-6-4-5-9-17(15)20/h1-9,18H,10-14H2,(H2,21,23)/t18-,20+/m1/s1. The highest BCUT2D eigenvalue weighted by Gasteiger charge is 2.45. The van der Waals surface area contributed by atoms with E-state index in [-0.39, 0.29) is 11.5 Å². The van der Waals surface area contributed by atoms with Crippen molar-refractivity contribution < 1.29 is 9.53 Å². The Bertz CT molecular complexity index is 742. The highest BCUT2D eigenvalue weighted by molar-refractivity contribution is 5.81. The van der Waals surface area contributed by atoms with Crippen LogP contribution in [-0.2, 0) is 21.6 Å². The molecule has 2 aromatic rings. The Hall–Kier alpha value is -2.17. The van der Waals surface area contributed by atoms with Crippen LogP contribution in [0.3, 0.4) is 0 Å². The van der Waals surface area contributed by atoms with Crippen LogP contribution in [0.25, 0.3) is 0 Å². The minimum Gasteiger partial charge on any atom is -0.368 e. The fourth-order valence-electron chi connectivity index (χ4n) is 4.19. The summed E-state index contributed by atoms with van der Waals surface area (Å²) in [6.45, 7) is 2.03. The van der Waals surface area contributed by atoms with Gasteiger partial charge < -0.3 is 10.5 Å². The molecule has 1 spiro atoms. The van der Waals surface area contributed by atoms with E-state index in [2.05, 4.69) is 29.2 Å². The number of rotatable bonds is 3. The van der Waals surface area contributed by atoms with Crippen molar-refractivity contribution >= 4 is 5.91 Å². The van der Waals surface area contributed by atoms with Gasteiger partial charge in [-0.3, -0.25) is 9.69 Å². The number of hydrogen-bond donors (Lipinski definition) is 1. The molecule has 0 radical (unpaired) electrons. The number of ether oxygens (including phenoxy) is 1. The molecule has 2 aromatic carbocycles. The van der Waals surface area contributed by atoms with E-state index in [0.717, 1.165) is 18.4 Å². The third-order valence-electron chi connectivity index (χ3n) is 5.27. The number of carbonyl (C=O) groups excluding carboxylic acids is 1. The Balaban J connectivity index is 1.67. The van der Waals surface area contributed by atoms with Gasteiger partial charge in [0.05, 0.1) is 6.61 Å². The minimum absolute atomic E-state index is 0.301. The Morgan fingerprint density at radius 2 is 1.88 bits per heavy atom. The monoisotopic (exact) mass is 322 g/mol. The van der Waals surface area contributed by atoms with Crippen molar-refractivity contribution in [3.63, 3.8) is 0 Å². The van der Waals surface area contributed by atoms with Gasteiger partial charge >= 0.3 is 0 Å². The molecule has 124 valence electrons. The number of nitrogens with zero attached hydrogens (tertiary/aromatic N) is 1. The van der Waals surface area contributed by atoms with E-state index in [0.29, 0.717) is 19.7 Å². The van der Waals surface area contributed by atoms with Crippen LogP contribution < -0.4 is 5.73 Å². The number of amides is 1. The van der Waals surface area contributed by atoms with Crippen LogP contribution in [0.5, 0.6) is 0 Å². The molecule has 1 heterocycles. The fourth-order valence-corrected chi connectivity index (χ4v) is 4.19. The van der Waals surface area contributed by atoms with Crippen molar-refractivity contribution in [2.75, 3.05) is 19.7 Å². The molecule has 4 heteroatoms. The molecule has 4 nitrogen and oxygen atoms in total. The van der Waals surface area contributed by atoms with Gasteiger partial charge in [-0.2, -0.15) is 0 Å². The molecule has 0 bridgehead atoms. The van der Waals surface area contributed by atoms with Gasteiger partial charge in [-0.15, -0.1) is 0 Å². The van der Waals surface area contributed by atoms with Crippen molar-refractivity contribution in [3.05, 3.63) is 71.3 Å². The molecule has 24 heavy (non-hydrogen) atoms. The summed E-state index contributed by atoms with van der Waals surface area (Å²) in [5.74, 6) is -0.301. The summed E-state index contributed by atoms with van der Waals surface area (Å²) in [5, 5.41) is 0. The summed E-state index contributed by atoms with van der Waals surface area (Å²) in [4.78, 5) is 14.4. The zero-order chi connectivity index (χ0) is 16.6.